The van der Waals surface area contributed by atoms with Crippen molar-refractivity contribution in [1.29, 1.82) is 0 Å². The van der Waals surface area contributed by atoms with Gasteiger partial charge in [-0.05, 0) is 64.8 Å². The molecule has 1 heterocycles. The Morgan fingerprint density at radius 2 is 2.18 bits per heavy atom. The first-order valence-corrected chi connectivity index (χ1v) is 8.30. The molecule has 1 atom stereocenters. The Morgan fingerprint density at radius 1 is 1.41 bits per heavy atom. The summed E-state index contributed by atoms with van der Waals surface area (Å²) in [5, 5.41) is 3.68. The molecule has 0 bridgehead atoms. The summed E-state index contributed by atoms with van der Waals surface area (Å²) in [5.74, 6) is 2.52. The monoisotopic (exact) mass is 361 g/mol. The van der Waals surface area contributed by atoms with Crippen molar-refractivity contribution in [3.05, 3.63) is 27.3 Å². The smallest absolute Gasteiger partial charge is 0.0357 e. The van der Waals surface area contributed by atoms with Crippen LogP contribution in [0, 0.1) is 15.9 Å². The maximum absolute atomic E-state index is 3.68. The summed E-state index contributed by atoms with van der Waals surface area (Å²) in [6.45, 7) is 6.89. The molecular weight excluding hydrogens is 341 g/mol. The van der Waals surface area contributed by atoms with Crippen molar-refractivity contribution in [1.82, 2.24) is 0 Å². The fraction of sp³-hybridized carbons (Fsp3) is 0.571. The minimum absolute atomic E-state index is 0.471. The summed E-state index contributed by atoms with van der Waals surface area (Å²) in [5.41, 5.74) is 3.09. The van der Waals surface area contributed by atoms with Gasteiger partial charge in [0.05, 0.1) is 0 Å². The number of thioether (sulfide) groups is 1. The molecule has 1 aromatic carbocycles. The van der Waals surface area contributed by atoms with E-state index in [1.807, 2.05) is 0 Å². The van der Waals surface area contributed by atoms with Crippen molar-refractivity contribution in [2.45, 2.75) is 33.2 Å². The molecule has 94 valence electrons. The summed E-state index contributed by atoms with van der Waals surface area (Å²) < 4.78 is 1.34. The summed E-state index contributed by atoms with van der Waals surface area (Å²) in [4.78, 5) is 0. The van der Waals surface area contributed by atoms with E-state index in [1.54, 1.807) is 0 Å². The number of aryl methyl sites for hydroxylation is 1. The lowest BCUT2D eigenvalue weighted by atomic mass is 9.88. The third-order valence-electron chi connectivity index (χ3n) is 3.15. The Bertz CT molecular complexity index is 403. The van der Waals surface area contributed by atoms with E-state index in [-0.39, 0.29) is 0 Å². The molecule has 1 N–H and O–H groups in total. The third-order valence-corrected chi connectivity index (χ3v) is 5.94. The molecule has 1 fully saturated rings. The molecule has 0 spiro atoms. The van der Waals surface area contributed by atoms with Crippen LogP contribution in [0.1, 0.15) is 25.8 Å². The average molecular weight is 361 g/mol. The second kappa shape index (κ2) is 5.39. The second-order valence-corrected chi connectivity index (χ2v) is 7.88. The van der Waals surface area contributed by atoms with Gasteiger partial charge in [-0.15, -0.1) is 0 Å². The van der Waals surface area contributed by atoms with Gasteiger partial charge in [-0.25, -0.2) is 0 Å². The fourth-order valence-corrected chi connectivity index (χ4v) is 4.06. The third kappa shape index (κ3) is 3.78. The standard InChI is InChI=1S/C14H20INS/c1-10-4-5-11(6-13(10)15)16-12-7-14(2,3)9-17-8-12/h4-6,12,16H,7-9H2,1-3H3. The van der Waals surface area contributed by atoms with Gasteiger partial charge in [0.25, 0.3) is 0 Å². The zero-order chi connectivity index (χ0) is 12.5. The number of rotatable bonds is 2. The Hall–Kier alpha value is 0.100. The molecule has 0 aromatic heterocycles. The van der Waals surface area contributed by atoms with Gasteiger partial charge < -0.3 is 5.32 Å². The van der Waals surface area contributed by atoms with Crippen LogP contribution in [0.5, 0.6) is 0 Å². The van der Waals surface area contributed by atoms with Gasteiger partial charge in [0.15, 0.2) is 0 Å². The molecule has 1 aromatic rings. The minimum atomic E-state index is 0.471. The van der Waals surface area contributed by atoms with Crippen LogP contribution in [-0.2, 0) is 0 Å². The lowest BCUT2D eigenvalue weighted by Gasteiger charge is -2.35. The second-order valence-electron chi connectivity index (χ2n) is 5.69. The van der Waals surface area contributed by atoms with E-state index < -0.39 is 0 Å². The van der Waals surface area contributed by atoms with Gasteiger partial charge in [-0.3, -0.25) is 0 Å². The number of hydrogen-bond donors (Lipinski definition) is 1. The van der Waals surface area contributed by atoms with Gasteiger partial charge in [0, 0.05) is 21.1 Å². The summed E-state index contributed by atoms with van der Waals surface area (Å²) in [6, 6.07) is 7.26. The van der Waals surface area contributed by atoms with Crippen molar-refractivity contribution in [2.24, 2.45) is 5.41 Å². The molecule has 1 aliphatic rings. The summed E-state index contributed by atoms with van der Waals surface area (Å²) in [6.07, 6.45) is 1.27. The van der Waals surface area contributed by atoms with Gasteiger partial charge in [0.1, 0.15) is 0 Å². The van der Waals surface area contributed by atoms with Gasteiger partial charge in [-0.1, -0.05) is 19.9 Å². The maximum Gasteiger partial charge on any atom is 0.0357 e. The first-order valence-electron chi connectivity index (χ1n) is 6.07. The predicted octanol–water partition coefficient (Wildman–Crippen LogP) is 4.54. The van der Waals surface area contributed by atoms with Crippen LogP contribution in [0.15, 0.2) is 18.2 Å². The number of halogens is 1. The molecule has 0 aliphatic carbocycles. The van der Waals surface area contributed by atoms with E-state index in [0.29, 0.717) is 11.5 Å². The number of nitrogens with one attached hydrogen (secondary N) is 1. The Balaban J connectivity index is 2.03. The highest BCUT2D eigenvalue weighted by Gasteiger charge is 2.28. The van der Waals surface area contributed by atoms with Crippen molar-refractivity contribution >= 4 is 40.0 Å². The molecule has 1 nitrogen and oxygen atoms in total. The average Bonchev–Trinajstić information content (AvgIpc) is 2.22. The Labute approximate surface area is 122 Å². The van der Waals surface area contributed by atoms with Crippen LogP contribution in [0.2, 0.25) is 0 Å². The number of hydrogen-bond acceptors (Lipinski definition) is 2. The Morgan fingerprint density at radius 3 is 2.82 bits per heavy atom. The SMILES string of the molecule is Cc1ccc(NC2CSCC(C)(C)C2)cc1I. The van der Waals surface area contributed by atoms with Crippen molar-refractivity contribution < 1.29 is 0 Å². The molecule has 1 aliphatic heterocycles. The predicted molar refractivity (Wildman–Crippen MR) is 87.0 cm³/mol. The van der Waals surface area contributed by atoms with Crippen molar-refractivity contribution in [3.63, 3.8) is 0 Å². The van der Waals surface area contributed by atoms with E-state index in [2.05, 4.69) is 78.6 Å². The topological polar surface area (TPSA) is 12.0 Å². The fourth-order valence-electron chi connectivity index (χ4n) is 2.27. The van der Waals surface area contributed by atoms with E-state index in [1.165, 1.54) is 32.7 Å². The minimum Gasteiger partial charge on any atom is -0.381 e. The van der Waals surface area contributed by atoms with Gasteiger partial charge in [0.2, 0.25) is 0 Å². The highest BCUT2D eigenvalue weighted by atomic mass is 127. The zero-order valence-corrected chi connectivity index (χ0v) is 13.7. The van der Waals surface area contributed by atoms with E-state index in [4.69, 9.17) is 0 Å². The van der Waals surface area contributed by atoms with E-state index in [0.717, 1.165) is 0 Å². The highest BCUT2D eigenvalue weighted by molar-refractivity contribution is 14.1. The van der Waals surface area contributed by atoms with Crippen LogP contribution in [0.4, 0.5) is 5.69 Å². The van der Waals surface area contributed by atoms with Gasteiger partial charge >= 0.3 is 0 Å². The number of anilines is 1. The van der Waals surface area contributed by atoms with Crippen LogP contribution in [0.25, 0.3) is 0 Å². The van der Waals surface area contributed by atoms with Gasteiger partial charge in [-0.2, -0.15) is 11.8 Å². The molecular formula is C14H20INS. The molecule has 17 heavy (non-hydrogen) atoms. The largest absolute Gasteiger partial charge is 0.381 e. The zero-order valence-electron chi connectivity index (χ0n) is 10.7. The molecule has 3 heteroatoms. The lowest BCUT2D eigenvalue weighted by Crippen LogP contribution is -2.35. The first kappa shape index (κ1) is 13.5. The normalized spacial score (nSPS) is 23.4. The quantitative estimate of drug-likeness (QED) is 0.776. The molecule has 1 saturated heterocycles. The molecule has 0 saturated carbocycles. The van der Waals surface area contributed by atoms with Crippen LogP contribution in [0.3, 0.4) is 0 Å². The van der Waals surface area contributed by atoms with Crippen LogP contribution in [-0.4, -0.2) is 17.5 Å². The lowest BCUT2D eigenvalue weighted by molar-refractivity contribution is 0.358. The number of benzene rings is 1. The first-order chi connectivity index (χ1) is 7.96. The highest BCUT2D eigenvalue weighted by Crippen LogP contribution is 2.34. The molecule has 0 amide bonds. The van der Waals surface area contributed by atoms with E-state index >= 15 is 0 Å². The molecule has 0 radical (unpaired) electrons. The van der Waals surface area contributed by atoms with Crippen molar-refractivity contribution in [2.75, 3.05) is 16.8 Å². The van der Waals surface area contributed by atoms with Crippen LogP contribution < -0.4 is 5.32 Å². The van der Waals surface area contributed by atoms with Crippen LogP contribution >= 0.6 is 34.4 Å². The van der Waals surface area contributed by atoms with Crippen molar-refractivity contribution in [3.8, 4) is 0 Å². The molecule has 2 rings (SSSR count). The summed E-state index contributed by atoms with van der Waals surface area (Å²) >= 11 is 4.48. The molecule has 1 unspecified atom stereocenters. The maximum atomic E-state index is 3.68. The summed E-state index contributed by atoms with van der Waals surface area (Å²) in [7, 11) is 0. The Kier molecular flexibility index (Phi) is 4.29. The van der Waals surface area contributed by atoms with E-state index in [9.17, 15) is 0 Å².